The number of nitrogens with zero attached hydrogens (tertiary/aromatic N) is 2. The maximum atomic E-state index is 13.2. The van der Waals surface area contributed by atoms with Crippen LogP contribution in [-0.4, -0.2) is 16.1 Å². The van der Waals surface area contributed by atoms with Crippen molar-refractivity contribution < 1.29 is 19.0 Å². The van der Waals surface area contributed by atoms with E-state index in [-0.39, 0.29) is 27.8 Å². The van der Waals surface area contributed by atoms with Crippen LogP contribution in [0.4, 0.5) is 4.39 Å². The van der Waals surface area contributed by atoms with Gasteiger partial charge in [0.05, 0.1) is 5.56 Å². The highest BCUT2D eigenvalue weighted by Gasteiger charge is 2.16. The van der Waals surface area contributed by atoms with Crippen molar-refractivity contribution in [3.8, 4) is 17.7 Å². The largest absolute Gasteiger partial charge is 0.478 e. The van der Waals surface area contributed by atoms with Crippen molar-refractivity contribution in [2.75, 3.05) is 0 Å². The van der Waals surface area contributed by atoms with Gasteiger partial charge in [0, 0.05) is 12.3 Å². The zero-order chi connectivity index (χ0) is 14.7. The van der Waals surface area contributed by atoms with E-state index in [2.05, 4.69) is 4.98 Å². The Balaban J connectivity index is 2.48. The summed E-state index contributed by atoms with van der Waals surface area (Å²) in [7, 11) is 0. The van der Waals surface area contributed by atoms with E-state index in [0.717, 1.165) is 18.2 Å². The molecule has 0 atom stereocenters. The molecule has 0 spiro atoms. The first-order valence-corrected chi connectivity index (χ1v) is 5.66. The number of carboxylic acid groups (broad SMARTS) is 1. The van der Waals surface area contributed by atoms with Crippen LogP contribution in [0.1, 0.15) is 15.9 Å². The van der Waals surface area contributed by atoms with Crippen molar-refractivity contribution in [2.45, 2.75) is 0 Å². The monoisotopic (exact) mass is 292 g/mol. The number of rotatable bonds is 3. The molecule has 0 aliphatic heterocycles. The van der Waals surface area contributed by atoms with E-state index in [1.165, 1.54) is 12.3 Å². The predicted octanol–water partition coefficient (Wildman–Crippen LogP) is 3.24. The van der Waals surface area contributed by atoms with Gasteiger partial charge in [0.1, 0.15) is 28.2 Å². The number of benzene rings is 1. The number of carbonyl (C=O) groups is 1. The third kappa shape index (κ3) is 2.68. The van der Waals surface area contributed by atoms with E-state index in [9.17, 15) is 9.18 Å². The fourth-order valence-corrected chi connectivity index (χ4v) is 1.64. The predicted molar refractivity (Wildman–Crippen MR) is 67.4 cm³/mol. The standard InChI is InChI=1S/C13H6ClFN2O3/c14-11-7(6-16)3-4-17-12(11)20-10-5-8(15)1-2-9(10)13(18)19/h1-5H,(H,18,19). The van der Waals surface area contributed by atoms with Gasteiger partial charge < -0.3 is 9.84 Å². The molecular formula is C13H6ClFN2O3. The zero-order valence-corrected chi connectivity index (χ0v) is 10.6. The number of aromatic carboxylic acids is 1. The SMILES string of the molecule is N#Cc1ccnc(Oc2cc(F)ccc2C(=O)O)c1Cl. The lowest BCUT2D eigenvalue weighted by Crippen LogP contribution is -2.01. The minimum atomic E-state index is -1.28. The quantitative estimate of drug-likeness (QED) is 0.939. The van der Waals surface area contributed by atoms with Crippen molar-refractivity contribution in [3.63, 3.8) is 0 Å². The summed E-state index contributed by atoms with van der Waals surface area (Å²) in [5, 5.41) is 17.7. The van der Waals surface area contributed by atoms with Crippen LogP contribution in [0.15, 0.2) is 30.5 Å². The molecule has 2 aromatic rings. The highest BCUT2D eigenvalue weighted by molar-refractivity contribution is 6.33. The Bertz CT molecular complexity index is 728. The summed E-state index contributed by atoms with van der Waals surface area (Å²) in [6.45, 7) is 0. The Morgan fingerprint density at radius 1 is 1.45 bits per heavy atom. The van der Waals surface area contributed by atoms with Gasteiger partial charge >= 0.3 is 5.97 Å². The summed E-state index contributed by atoms with van der Waals surface area (Å²) in [5.74, 6) is -2.37. The Labute approximate surface area is 117 Å². The molecule has 20 heavy (non-hydrogen) atoms. The van der Waals surface area contributed by atoms with Crippen LogP contribution in [0.3, 0.4) is 0 Å². The smallest absolute Gasteiger partial charge is 0.339 e. The van der Waals surface area contributed by atoms with Crippen LogP contribution in [-0.2, 0) is 0 Å². The normalized spacial score (nSPS) is 9.85. The van der Waals surface area contributed by atoms with Crippen molar-refractivity contribution in [1.82, 2.24) is 4.98 Å². The second-order valence-electron chi connectivity index (χ2n) is 3.64. The summed E-state index contributed by atoms with van der Waals surface area (Å²) in [6, 6.07) is 6.17. The van der Waals surface area contributed by atoms with Gasteiger partial charge in [-0.25, -0.2) is 14.2 Å². The number of aromatic nitrogens is 1. The molecule has 0 radical (unpaired) electrons. The van der Waals surface area contributed by atoms with Crippen LogP contribution < -0.4 is 4.74 Å². The van der Waals surface area contributed by atoms with Gasteiger partial charge in [0.25, 0.3) is 0 Å². The lowest BCUT2D eigenvalue weighted by atomic mass is 10.2. The fourth-order valence-electron chi connectivity index (χ4n) is 1.44. The number of nitriles is 1. The van der Waals surface area contributed by atoms with Gasteiger partial charge in [-0.2, -0.15) is 5.26 Å². The molecule has 0 aliphatic carbocycles. The minimum absolute atomic E-state index is 0.0735. The van der Waals surface area contributed by atoms with Crippen molar-refractivity contribution in [1.29, 1.82) is 5.26 Å². The summed E-state index contributed by atoms with van der Waals surface area (Å²) < 4.78 is 18.4. The molecule has 1 N–H and O–H groups in total. The lowest BCUT2D eigenvalue weighted by molar-refractivity contribution is 0.0694. The summed E-state index contributed by atoms with van der Waals surface area (Å²) in [5.41, 5.74) is -0.128. The minimum Gasteiger partial charge on any atom is -0.478 e. The van der Waals surface area contributed by atoms with E-state index in [1.807, 2.05) is 6.07 Å². The topological polar surface area (TPSA) is 83.2 Å². The zero-order valence-electron chi connectivity index (χ0n) is 9.80. The van der Waals surface area contributed by atoms with E-state index in [1.54, 1.807) is 0 Å². The molecule has 5 nitrogen and oxygen atoms in total. The number of ether oxygens (including phenoxy) is 1. The summed E-state index contributed by atoms with van der Waals surface area (Å²) in [4.78, 5) is 14.8. The highest BCUT2D eigenvalue weighted by Crippen LogP contribution is 2.31. The number of hydrogen-bond donors (Lipinski definition) is 1. The highest BCUT2D eigenvalue weighted by atomic mass is 35.5. The molecule has 2 rings (SSSR count). The fraction of sp³-hybridized carbons (Fsp3) is 0. The first kappa shape index (κ1) is 13.8. The molecule has 0 aliphatic rings. The van der Waals surface area contributed by atoms with Crippen LogP contribution in [0.2, 0.25) is 5.02 Å². The number of pyridine rings is 1. The molecule has 1 aromatic carbocycles. The van der Waals surface area contributed by atoms with Gasteiger partial charge in [-0.3, -0.25) is 0 Å². The molecule has 0 bridgehead atoms. The molecular weight excluding hydrogens is 287 g/mol. The van der Waals surface area contributed by atoms with Crippen LogP contribution >= 0.6 is 11.6 Å². The Hall–Kier alpha value is -2.65. The first-order valence-electron chi connectivity index (χ1n) is 5.28. The number of halogens is 2. The molecule has 0 fully saturated rings. The van der Waals surface area contributed by atoms with E-state index in [0.29, 0.717) is 0 Å². The van der Waals surface area contributed by atoms with Gasteiger partial charge in [0.2, 0.25) is 5.88 Å². The molecule has 0 amide bonds. The van der Waals surface area contributed by atoms with Crippen molar-refractivity contribution in [3.05, 3.63) is 52.4 Å². The maximum Gasteiger partial charge on any atom is 0.339 e. The summed E-state index contributed by atoms with van der Waals surface area (Å²) >= 11 is 5.88. The van der Waals surface area contributed by atoms with Crippen LogP contribution in [0.5, 0.6) is 11.6 Å². The van der Waals surface area contributed by atoms with Crippen LogP contribution in [0, 0.1) is 17.1 Å². The average molecular weight is 293 g/mol. The van der Waals surface area contributed by atoms with Gasteiger partial charge in [-0.1, -0.05) is 11.6 Å². The molecule has 1 heterocycles. The van der Waals surface area contributed by atoms with E-state index >= 15 is 0 Å². The Kier molecular flexibility index (Phi) is 3.82. The van der Waals surface area contributed by atoms with Gasteiger partial charge in [-0.15, -0.1) is 0 Å². The molecule has 100 valence electrons. The third-order valence-corrected chi connectivity index (χ3v) is 2.72. The van der Waals surface area contributed by atoms with Crippen molar-refractivity contribution in [2.24, 2.45) is 0 Å². The van der Waals surface area contributed by atoms with Gasteiger partial charge in [0.15, 0.2) is 0 Å². The third-order valence-electron chi connectivity index (χ3n) is 2.36. The maximum absolute atomic E-state index is 13.2. The molecule has 0 unspecified atom stereocenters. The average Bonchev–Trinajstić information content (AvgIpc) is 2.41. The Morgan fingerprint density at radius 2 is 2.20 bits per heavy atom. The summed E-state index contributed by atoms with van der Waals surface area (Å²) in [6.07, 6.45) is 1.28. The lowest BCUT2D eigenvalue weighted by Gasteiger charge is -2.09. The number of hydrogen-bond acceptors (Lipinski definition) is 4. The van der Waals surface area contributed by atoms with E-state index < -0.39 is 11.8 Å². The van der Waals surface area contributed by atoms with Crippen molar-refractivity contribution >= 4 is 17.6 Å². The molecule has 1 aromatic heterocycles. The second-order valence-corrected chi connectivity index (χ2v) is 4.02. The second kappa shape index (κ2) is 5.55. The van der Waals surface area contributed by atoms with Crippen LogP contribution in [0.25, 0.3) is 0 Å². The first-order chi connectivity index (χ1) is 9.52. The Morgan fingerprint density at radius 3 is 2.85 bits per heavy atom. The van der Waals surface area contributed by atoms with E-state index in [4.69, 9.17) is 26.7 Å². The molecule has 0 saturated carbocycles. The molecule has 7 heteroatoms. The van der Waals surface area contributed by atoms with Gasteiger partial charge in [-0.05, 0) is 18.2 Å². The molecule has 0 saturated heterocycles. The number of carboxylic acids is 1.